The van der Waals surface area contributed by atoms with Crippen molar-refractivity contribution in [1.82, 2.24) is 10.2 Å². The molecule has 0 saturated heterocycles. The first kappa shape index (κ1) is 17.6. The van der Waals surface area contributed by atoms with Gasteiger partial charge >= 0.3 is 6.03 Å². The van der Waals surface area contributed by atoms with Crippen LogP contribution in [0.3, 0.4) is 0 Å². The molecule has 2 N–H and O–H groups in total. The molecule has 1 aliphatic carbocycles. The quantitative estimate of drug-likeness (QED) is 0.847. The number of para-hydroxylation sites is 1. The molecule has 1 aliphatic rings. The highest BCUT2D eigenvalue weighted by atomic mass is 16.3. The number of urea groups is 1. The third-order valence-corrected chi connectivity index (χ3v) is 4.78. The maximum atomic E-state index is 12.3. The predicted octanol–water partition coefficient (Wildman–Crippen LogP) is 2.45. The summed E-state index contributed by atoms with van der Waals surface area (Å²) in [5.41, 5.74) is 2.25. The van der Waals surface area contributed by atoms with Crippen LogP contribution >= 0.6 is 0 Å². The Morgan fingerprint density at radius 3 is 2.70 bits per heavy atom. The molecule has 1 fully saturated rings. The Labute approximate surface area is 139 Å². The molecule has 0 radical (unpaired) electrons. The third-order valence-electron chi connectivity index (χ3n) is 4.78. The van der Waals surface area contributed by atoms with Crippen molar-refractivity contribution in [2.45, 2.75) is 38.8 Å². The van der Waals surface area contributed by atoms with Gasteiger partial charge in [0, 0.05) is 45.3 Å². The number of carbonyl (C=O) groups is 1. The number of hydrogen-bond donors (Lipinski definition) is 2. The zero-order valence-electron chi connectivity index (χ0n) is 14.5. The first-order valence-corrected chi connectivity index (χ1v) is 8.49. The smallest absolute Gasteiger partial charge is 0.317 e. The van der Waals surface area contributed by atoms with Gasteiger partial charge in [0.1, 0.15) is 0 Å². The van der Waals surface area contributed by atoms with Crippen LogP contribution in [0.2, 0.25) is 0 Å². The summed E-state index contributed by atoms with van der Waals surface area (Å²) in [4.78, 5) is 16.1. The highest BCUT2D eigenvalue weighted by molar-refractivity contribution is 5.74. The van der Waals surface area contributed by atoms with Crippen molar-refractivity contribution < 1.29 is 9.90 Å². The van der Waals surface area contributed by atoms with Gasteiger partial charge in [-0.2, -0.15) is 0 Å². The molecule has 0 aliphatic heterocycles. The van der Waals surface area contributed by atoms with Crippen LogP contribution in [0, 0.1) is 5.92 Å². The molecule has 1 aromatic carbocycles. The highest BCUT2D eigenvalue weighted by Gasteiger charge is 2.27. The molecule has 2 atom stereocenters. The number of rotatable bonds is 6. The Kier molecular flexibility index (Phi) is 6.28. The summed E-state index contributed by atoms with van der Waals surface area (Å²) in [6, 6.07) is 8.04. The summed E-state index contributed by atoms with van der Waals surface area (Å²) in [5.74, 6) is 0.212. The Morgan fingerprint density at radius 1 is 1.30 bits per heavy atom. The van der Waals surface area contributed by atoms with Crippen molar-refractivity contribution >= 4 is 11.7 Å². The number of benzene rings is 1. The number of carbonyl (C=O) groups excluding carboxylic acids is 1. The third kappa shape index (κ3) is 4.61. The van der Waals surface area contributed by atoms with Gasteiger partial charge in [0.15, 0.2) is 0 Å². The van der Waals surface area contributed by atoms with Crippen molar-refractivity contribution in [3.8, 4) is 0 Å². The first-order valence-electron chi connectivity index (χ1n) is 8.49. The van der Waals surface area contributed by atoms with E-state index in [-0.39, 0.29) is 18.1 Å². The highest BCUT2D eigenvalue weighted by Crippen LogP contribution is 2.26. The summed E-state index contributed by atoms with van der Waals surface area (Å²) in [5, 5.41) is 12.9. The second kappa shape index (κ2) is 8.20. The maximum Gasteiger partial charge on any atom is 0.317 e. The van der Waals surface area contributed by atoms with Gasteiger partial charge in [-0.3, -0.25) is 0 Å². The molecule has 2 rings (SSSR count). The lowest BCUT2D eigenvalue weighted by molar-refractivity contribution is 0.114. The Balaban J connectivity index is 1.89. The van der Waals surface area contributed by atoms with Gasteiger partial charge in [-0.05, 0) is 31.4 Å². The van der Waals surface area contributed by atoms with E-state index in [1.807, 2.05) is 25.2 Å². The van der Waals surface area contributed by atoms with Gasteiger partial charge in [-0.1, -0.05) is 24.6 Å². The van der Waals surface area contributed by atoms with Crippen LogP contribution in [0.4, 0.5) is 10.5 Å². The summed E-state index contributed by atoms with van der Waals surface area (Å²) in [6.07, 6.45) is 2.65. The lowest BCUT2D eigenvalue weighted by Crippen LogP contribution is -2.41. The molecule has 0 bridgehead atoms. The van der Waals surface area contributed by atoms with Crippen molar-refractivity contribution in [3.05, 3.63) is 29.8 Å². The molecular weight excluding hydrogens is 290 g/mol. The molecule has 1 saturated carbocycles. The summed E-state index contributed by atoms with van der Waals surface area (Å²) < 4.78 is 0. The molecule has 5 nitrogen and oxygen atoms in total. The van der Waals surface area contributed by atoms with Gasteiger partial charge in [0.05, 0.1) is 6.10 Å². The molecule has 23 heavy (non-hydrogen) atoms. The van der Waals surface area contributed by atoms with E-state index in [9.17, 15) is 9.90 Å². The normalized spacial score (nSPS) is 20.3. The van der Waals surface area contributed by atoms with Crippen LogP contribution in [0.25, 0.3) is 0 Å². The predicted molar refractivity (Wildman–Crippen MR) is 93.6 cm³/mol. The zero-order valence-corrected chi connectivity index (χ0v) is 14.5. The molecule has 0 unspecified atom stereocenters. The number of nitrogens with one attached hydrogen (secondary N) is 1. The molecule has 0 spiro atoms. The van der Waals surface area contributed by atoms with E-state index >= 15 is 0 Å². The zero-order chi connectivity index (χ0) is 16.8. The van der Waals surface area contributed by atoms with Crippen molar-refractivity contribution in [2.24, 2.45) is 5.92 Å². The average molecular weight is 319 g/mol. The van der Waals surface area contributed by atoms with Crippen molar-refractivity contribution in [1.29, 1.82) is 0 Å². The molecule has 5 heteroatoms. The number of aliphatic hydroxyl groups excluding tert-OH is 1. The number of hydrogen-bond acceptors (Lipinski definition) is 3. The Bertz CT molecular complexity index is 521. The van der Waals surface area contributed by atoms with Crippen molar-refractivity contribution in [2.75, 3.05) is 32.1 Å². The topological polar surface area (TPSA) is 55.8 Å². The van der Waals surface area contributed by atoms with E-state index in [1.165, 1.54) is 0 Å². The maximum absolute atomic E-state index is 12.3. The summed E-state index contributed by atoms with van der Waals surface area (Å²) >= 11 is 0. The van der Waals surface area contributed by atoms with E-state index in [4.69, 9.17) is 0 Å². The average Bonchev–Trinajstić information content (AvgIpc) is 2.97. The van der Waals surface area contributed by atoms with Gasteiger partial charge in [0.25, 0.3) is 0 Å². The number of anilines is 1. The van der Waals surface area contributed by atoms with E-state index in [0.29, 0.717) is 13.1 Å². The lowest BCUT2D eigenvalue weighted by atomic mass is 10.1. The van der Waals surface area contributed by atoms with E-state index in [2.05, 4.69) is 23.2 Å². The number of aliphatic hydroxyl groups is 1. The summed E-state index contributed by atoms with van der Waals surface area (Å²) in [6.45, 7) is 4.15. The minimum Gasteiger partial charge on any atom is -0.393 e. The summed E-state index contributed by atoms with van der Waals surface area (Å²) in [7, 11) is 3.85. The van der Waals surface area contributed by atoms with Crippen molar-refractivity contribution in [3.63, 3.8) is 0 Å². The molecule has 0 heterocycles. The minimum atomic E-state index is -0.260. The van der Waals surface area contributed by atoms with Gasteiger partial charge in [-0.15, -0.1) is 0 Å². The Morgan fingerprint density at radius 2 is 2.04 bits per heavy atom. The first-order chi connectivity index (χ1) is 11.0. The largest absolute Gasteiger partial charge is 0.393 e. The second-order valence-electron chi connectivity index (χ2n) is 6.44. The van der Waals surface area contributed by atoms with E-state index in [1.54, 1.807) is 11.9 Å². The SMILES string of the molecule is CCN(C)c1ccccc1CNC(=O)N(C)C[C@@H]1CCC[C@@H]1O. The van der Waals surface area contributed by atoms with Gasteiger partial charge in [0.2, 0.25) is 0 Å². The Hall–Kier alpha value is -1.75. The molecule has 128 valence electrons. The van der Waals surface area contributed by atoms with Crippen LogP contribution < -0.4 is 10.2 Å². The lowest BCUT2D eigenvalue weighted by Gasteiger charge is -2.25. The molecule has 0 aromatic heterocycles. The number of amides is 2. The fourth-order valence-corrected chi connectivity index (χ4v) is 3.17. The minimum absolute atomic E-state index is 0.0851. The van der Waals surface area contributed by atoms with E-state index in [0.717, 1.165) is 37.1 Å². The number of nitrogens with zero attached hydrogens (tertiary/aromatic N) is 2. The van der Waals surface area contributed by atoms with Crippen LogP contribution in [0.5, 0.6) is 0 Å². The molecule has 1 aromatic rings. The van der Waals surface area contributed by atoms with Gasteiger partial charge < -0.3 is 20.2 Å². The van der Waals surface area contributed by atoms with Gasteiger partial charge in [-0.25, -0.2) is 4.79 Å². The van der Waals surface area contributed by atoms with E-state index < -0.39 is 0 Å². The second-order valence-corrected chi connectivity index (χ2v) is 6.44. The van der Waals surface area contributed by atoms with Crippen LogP contribution in [-0.2, 0) is 6.54 Å². The van der Waals surface area contributed by atoms with Crippen LogP contribution in [0.1, 0.15) is 31.7 Å². The standard InChI is InChI=1S/C18H29N3O2/c1-4-20(2)16-10-6-5-8-14(16)12-19-18(23)21(3)13-15-9-7-11-17(15)22/h5-6,8,10,15,17,22H,4,7,9,11-13H2,1-3H3,(H,19,23)/t15-,17-/m0/s1. The van der Waals surface area contributed by atoms with Crippen LogP contribution in [-0.4, -0.2) is 49.3 Å². The fraction of sp³-hybridized carbons (Fsp3) is 0.611. The van der Waals surface area contributed by atoms with Crippen LogP contribution in [0.15, 0.2) is 24.3 Å². The monoisotopic (exact) mass is 319 g/mol. The molecular formula is C18H29N3O2. The fourth-order valence-electron chi connectivity index (χ4n) is 3.17. The molecule has 2 amide bonds.